The van der Waals surface area contributed by atoms with Crippen LogP contribution < -0.4 is 11.1 Å². The van der Waals surface area contributed by atoms with Crippen LogP contribution in [0.5, 0.6) is 0 Å². The van der Waals surface area contributed by atoms with Gasteiger partial charge in [0.25, 0.3) is 0 Å². The van der Waals surface area contributed by atoms with Crippen molar-refractivity contribution in [2.75, 3.05) is 19.6 Å². The molecule has 1 aliphatic heterocycles. The number of amides is 1. The van der Waals surface area contributed by atoms with Crippen LogP contribution in [-0.2, 0) is 4.79 Å². The average Bonchev–Trinajstić information content (AvgIpc) is 3.03. The van der Waals surface area contributed by atoms with Crippen molar-refractivity contribution in [3.05, 3.63) is 0 Å². The van der Waals surface area contributed by atoms with E-state index in [1.807, 2.05) is 6.92 Å². The van der Waals surface area contributed by atoms with E-state index in [4.69, 9.17) is 5.73 Å². The largest absolute Gasteiger partial charge is 0.368 e. The maximum absolute atomic E-state index is 11.7. The summed E-state index contributed by atoms with van der Waals surface area (Å²) in [6.07, 6.45) is 3.18. The summed E-state index contributed by atoms with van der Waals surface area (Å²) in [6, 6.07) is 0.513. The molecule has 1 saturated carbocycles. The zero-order valence-electron chi connectivity index (χ0n) is 11.9. The van der Waals surface area contributed by atoms with Crippen LogP contribution in [0.1, 0.15) is 40.0 Å². The Bertz CT molecular complexity index is 306. The normalized spacial score (nSPS) is 32.4. The molecule has 2 aliphatic rings. The second-order valence-electron chi connectivity index (χ2n) is 6.58. The molecule has 1 heterocycles. The Morgan fingerprint density at radius 3 is 2.33 bits per heavy atom. The topological polar surface area (TPSA) is 58.4 Å². The molecule has 1 aliphatic carbocycles. The Balaban J connectivity index is 1.84. The molecular weight excluding hydrogens is 226 g/mol. The fraction of sp³-hybridized carbons (Fsp3) is 0.929. The summed E-state index contributed by atoms with van der Waals surface area (Å²) in [5.41, 5.74) is 5.03. The van der Waals surface area contributed by atoms with Gasteiger partial charge in [0.15, 0.2) is 0 Å². The monoisotopic (exact) mass is 253 g/mol. The lowest BCUT2D eigenvalue weighted by Gasteiger charge is -2.29. The van der Waals surface area contributed by atoms with E-state index in [0.717, 1.165) is 37.9 Å². The quantitative estimate of drug-likeness (QED) is 0.741. The van der Waals surface area contributed by atoms with E-state index in [1.54, 1.807) is 0 Å². The van der Waals surface area contributed by atoms with Crippen LogP contribution in [0, 0.1) is 11.8 Å². The van der Waals surface area contributed by atoms with Crippen LogP contribution in [0.4, 0.5) is 0 Å². The summed E-state index contributed by atoms with van der Waals surface area (Å²) in [5, 5.41) is 3.41. The number of carbonyl (C=O) groups excluding carboxylic acids is 1. The fourth-order valence-corrected chi connectivity index (χ4v) is 2.76. The first-order chi connectivity index (χ1) is 8.40. The minimum atomic E-state index is -0.532. The maximum Gasteiger partial charge on any atom is 0.237 e. The van der Waals surface area contributed by atoms with Gasteiger partial charge in [0, 0.05) is 25.7 Å². The van der Waals surface area contributed by atoms with E-state index in [2.05, 4.69) is 24.1 Å². The zero-order chi connectivity index (χ0) is 13.3. The van der Waals surface area contributed by atoms with Crippen molar-refractivity contribution < 1.29 is 4.79 Å². The van der Waals surface area contributed by atoms with E-state index in [1.165, 1.54) is 12.8 Å². The van der Waals surface area contributed by atoms with Crippen molar-refractivity contribution in [1.29, 1.82) is 0 Å². The Labute approximate surface area is 110 Å². The van der Waals surface area contributed by atoms with Gasteiger partial charge in [0.1, 0.15) is 0 Å². The molecule has 3 unspecified atom stereocenters. The lowest BCUT2D eigenvalue weighted by atomic mass is 9.96. The third-order valence-electron chi connectivity index (χ3n) is 4.64. The van der Waals surface area contributed by atoms with Crippen LogP contribution in [0.2, 0.25) is 0 Å². The van der Waals surface area contributed by atoms with Gasteiger partial charge in [-0.05, 0) is 38.0 Å². The molecule has 0 bridgehead atoms. The molecule has 1 saturated heterocycles. The highest BCUT2D eigenvalue weighted by Gasteiger charge is 2.37. The summed E-state index contributed by atoms with van der Waals surface area (Å²) in [6.45, 7) is 9.84. The third kappa shape index (κ3) is 3.23. The van der Waals surface area contributed by atoms with Gasteiger partial charge < -0.3 is 16.0 Å². The van der Waals surface area contributed by atoms with E-state index in [9.17, 15) is 4.79 Å². The Hall–Kier alpha value is -0.610. The van der Waals surface area contributed by atoms with Crippen molar-refractivity contribution in [1.82, 2.24) is 10.2 Å². The minimum Gasteiger partial charge on any atom is -0.368 e. The number of primary amides is 1. The van der Waals surface area contributed by atoms with E-state index >= 15 is 0 Å². The number of nitrogens with one attached hydrogen (secondary N) is 1. The summed E-state index contributed by atoms with van der Waals surface area (Å²) in [5.74, 6) is 1.32. The highest BCUT2D eigenvalue weighted by atomic mass is 16.1. The van der Waals surface area contributed by atoms with Gasteiger partial charge in [-0.3, -0.25) is 4.79 Å². The van der Waals surface area contributed by atoms with Crippen molar-refractivity contribution in [3.8, 4) is 0 Å². The Kier molecular flexibility index (Phi) is 3.97. The minimum absolute atomic E-state index is 0.213. The van der Waals surface area contributed by atoms with Crippen LogP contribution in [0.3, 0.4) is 0 Å². The summed E-state index contributed by atoms with van der Waals surface area (Å²) >= 11 is 0. The molecule has 1 amide bonds. The van der Waals surface area contributed by atoms with E-state index < -0.39 is 5.54 Å². The molecule has 0 spiro atoms. The molecule has 2 fully saturated rings. The van der Waals surface area contributed by atoms with Gasteiger partial charge in [-0.15, -0.1) is 0 Å². The molecule has 4 heteroatoms. The predicted octanol–water partition coefficient (Wildman–Crippen LogP) is 0.960. The van der Waals surface area contributed by atoms with Crippen molar-refractivity contribution in [2.45, 2.75) is 51.6 Å². The van der Waals surface area contributed by atoms with Crippen LogP contribution >= 0.6 is 0 Å². The average molecular weight is 253 g/mol. The first-order valence-corrected chi connectivity index (χ1v) is 7.20. The van der Waals surface area contributed by atoms with Gasteiger partial charge in [-0.1, -0.05) is 13.8 Å². The molecular formula is C14H27N3O. The molecule has 104 valence electrons. The zero-order valence-corrected chi connectivity index (χ0v) is 11.9. The smallest absolute Gasteiger partial charge is 0.237 e. The molecule has 0 aromatic rings. The van der Waals surface area contributed by atoms with Crippen molar-refractivity contribution in [2.24, 2.45) is 17.6 Å². The molecule has 0 aromatic heterocycles. The van der Waals surface area contributed by atoms with Gasteiger partial charge in [-0.2, -0.15) is 0 Å². The number of likely N-dealkylation sites (tertiary alicyclic amines) is 1. The second-order valence-corrected chi connectivity index (χ2v) is 6.58. The van der Waals surface area contributed by atoms with E-state index in [-0.39, 0.29) is 5.91 Å². The fourth-order valence-electron chi connectivity index (χ4n) is 2.76. The molecule has 18 heavy (non-hydrogen) atoms. The van der Waals surface area contributed by atoms with Crippen LogP contribution in [0.25, 0.3) is 0 Å². The van der Waals surface area contributed by atoms with Gasteiger partial charge in [0.2, 0.25) is 5.91 Å². The standard InChI is InChI=1S/C14H27N3O/c1-10-8-17(9-11(10)2)7-6-14(3,13(15)18)16-12-4-5-12/h10-12,16H,4-9H2,1-3H3,(H2,15,18). The van der Waals surface area contributed by atoms with E-state index in [0.29, 0.717) is 6.04 Å². The van der Waals surface area contributed by atoms with Gasteiger partial charge in [0.05, 0.1) is 5.54 Å². The summed E-state index contributed by atoms with van der Waals surface area (Å²) in [7, 11) is 0. The first-order valence-electron chi connectivity index (χ1n) is 7.20. The maximum atomic E-state index is 11.7. The van der Waals surface area contributed by atoms with Crippen molar-refractivity contribution in [3.63, 3.8) is 0 Å². The number of hydrogen-bond donors (Lipinski definition) is 2. The Morgan fingerprint density at radius 2 is 1.89 bits per heavy atom. The van der Waals surface area contributed by atoms with Gasteiger partial charge in [-0.25, -0.2) is 0 Å². The SMILES string of the molecule is CC1CN(CCC(C)(NC2CC2)C(N)=O)CC1C. The first kappa shape index (κ1) is 13.8. The number of rotatable bonds is 6. The third-order valence-corrected chi connectivity index (χ3v) is 4.64. The predicted molar refractivity (Wildman–Crippen MR) is 73.1 cm³/mol. The lowest BCUT2D eigenvalue weighted by molar-refractivity contribution is -0.124. The highest BCUT2D eigenvalue weighted by Crippen LogP contribution is 2.26. The van der Waals surface area contributed by atoms with Gasteiger partial charge >= 0.3 is 0 Å². The second kappa shape index (κ2) is 5.17. The molecule has 2 rings (SSSR count). The Morgan fingerprint density at radius 1 is 1.33 bits per heavy atom. The molecule has 3 N–H and O–H groups in total. The number of hydrogen-bond acceptors (Lipinski definition) is 3. The number of nitrogens with two attached hydrogens (primary N) is 1. The number of nitrogens with zero attached hydrogens (tertiary/aromatic N) is 1. The lowest BCUT2D eigenvalue weighted by Crippen LogP contribution is -2.55. The van der Waals surface area contributed by atoms with Crippen LogP contribution in [-0.4, -0.2) is 42.0 Å². The summed E-state index contributed by atoms with van der Waals surface area (Å²) in [4.78, 5) is 14.1. The number of carbonyl (C=O) groups is 1. The van der Waals surface area contributed by atoms with Crippen LogP contribution in [0.15, 0.2) is 0 Å². The summed E-state index contributed by atoms with van der Waals surface area (Å²) < 4.78 is 0. The highest BCUT2D eigenvalue weighted by molar-refractivity contribution is 5.84. The molecule has 4 nitrogen and oxygen atoms in total. The van der Waals surface area contributed by atoms with Crippen molar-refractivity contribution >= 4 is 5.91 Å². The molecule has 3 atom stereocenters. The molecule has 0 aromatic carbocycles. The molecule has 0 radical (unpaired) electrons.